The molecule has 0 unspecified atom stereocenters. The molecule has 0 bridgehead atoms. The van der Waals surface area contributed by atoms with Crippen LogP contribution in [0.3, 0.4) is 0 Å². The maximum Gasteiger partial charge on any atom is 0.202 e. The third kappa shape index (κ3) is 3.39. The summed E-state index contributed by atoms with van der Waals surface area (Å²) in [6.45, 7) is 0. The van der Waals surface area contributed by atoms with Gasteiger partial charge in [0.1, 0.15) is 15.9 Å². The molecule has 0 amide bonds. The molecule has 0 aliphatic carbocycles. The first kappa shape index (κ1) is 13.7. The summed E-state index contributed by atoms with van der Waals surface area (Å²) >= 11 is 5.62. The lowest BCUT2D eigenvalue weighted by atomic mass is 10.3. The second-order valence-corrected chi connectivity index (χ2v) is 5.88. The molecule has 1 heterocycles. The van der Waals surface area contributed by atoms with Crippen LogP contribution in [0.5, 0.6) is 0 Å². The fourth-order valence-electron chi connectivity index (χ4n) is 1.40. The van der Waals surface area contributed by atoms with Crippen LogP contribution in [0.15, 0.2) is 52.9 Å². The SMILES string of the molecule is O=S(=O)(/C=C/c1ccc(Cl)nc1)c1ccccc1F. The van der Waals surface area contributed by atoms with Crippen LogP contribution in [0.2, 0.25) is 5.15 Å². The molecule has 0 saturated carbocycles. The van der Waals surface area contributed by atoms with Crippen molar-refractivity contribution in [2.45, 2.75) is 4.90 Å². The van der Waals surface area contributed by atoms with Crippen LogP contribution < -0.4 is 0 Å². The number of halogens is 2. The van der Waals surface area contributed by atoms with Crippen LogP contribution in [0.4, 0.5) is 4.39 Å². The first-order valence-electron chi connectivity index (χ1n) is 5.28. The summed E-state index contributed by atoms with van der Waals surface area (Å²) in [5.41, 5.74) is 0.560. The van der Waals surface area contributed by atoms with E-state index in [1.807, 2.05) is 0 Å². The highest BCUT2D eigenvalue weighted by atomic mass is 35.5. The second kappa shape index (κ2) is 5.50. The molecule has 0 spiro atoms. The van der Waals surface area contributed by atoms with Crippen molar-refractivity contribution >= 4 is 27.5 Å². The first-order chi connectivity index (χ1) is 8.99. The molecule has 0 fully saturated rings. The lowest BCUT2D eigenvalue weighted by Gasteiger charge is -2.00. The quantitative estimate of drug-likeness (QED) is 0.817. The van der Waals surface area contributed by atoms with Crippen molar-refractivity contribution in [3.8, 4) is 0 Å². The number of sulfone groups is 1. The van der Waals surface area contributed by atoms with E-state index in [4.69, 9.17) is 11.6 Å². The van der Waals surface area contributed by atoms with E-state index < -0.39 is 15.7 Å². The lowest BCUT2D eigenvalue weighted by molar-refractivity contribution is 0.572. The van der Waals surface area contributed by atoms with Gasteiger partial charge >= 0.3 is 0 Å². The van der Waals surface area contributed by atoms with E-state index in [0.29, 0.717) is 10.7 Å². The Morgan fingerprint density at radius 1 is 1.16 bits per heavy atom. The Kier molecular flexibility index (Phi) is 3.97. The molecule has 0 aliphatic heterocycles. The fraction of sp³-hybridized carbons (Fsp3) is 0. The van der Waals surface area contributed by atoms with Crippen molar-refractivity contribution in [2.24, 2.45) is 0 Å². The molecule has 0 saturated heterocycles. The molecule has 0 radical (unpaired) electrons. The zero-order chi connectivity index (χ0) is 13.9. The smallest absolute Gasteiger partial charge is 0.202 e. The maximum absolute atomic E-state index is 13.4. The molecule has 1 aromatic carbocycles. The summed E-state index contributed by atoms with van der Waals surface area (Å²) in [5.74, 6) is -0.776. The van der Waals surface area contributed by atoms with E-state index in [1.165, 1.54) is 36.5 Å². The Balaban J connectivity index is 2.32. The van der Waals surface area contributed by atoms with Crippen LogP contribution in [0.1, 0.15) is 5.56 Å². The number of benzene rings is 1. The summed E-state index contributed by atoms with van der Waals surface area (Å²) in [7, 11) is -3.82. The molecule has 19 heavy (non-hydrogen) atoms. The minimum absolute atomic E-state index is 0.314. The van der Waals surface area contributed by atoms with Crippen molar-refractivity contribution in [1.29, 1.82) is 0 Å². The van der Waals surface area contributed by atoms with E-state index in [2.05, 4.69) is 4.98 Å². The fourth-order valence-corrected chi connectivity index (χ4v) is 2.61. The predicted octanol–water partition coefficient (Wildman–Crippen LogP) is 3.32. The minimum atomic E-state index is -3.82. The summed E-state index contributed by atoms with van der Waals surface area (Å²) in [5, 5.41) is 1.25. The van der Waals surface area contributed by atoms with Gasteiger partial charge in [0, 0.05) is 11.6 Å². The van der Waals surface area contributed by atoms with Gasteiger partial charge in [-0.25, -0.2) is 17.8 Å². The monoisotopic (exact) mass is 297 g/mol. The average Bonchev–Trinajstić information content (AvgIpc) is 2.38. The molecular formula is C13H9ClFNO2S. The van der Waals surface area contributed by atoms with Gasteiger partial charge in [0.05, 0.1) is 0 Å². The van der Waals surface area contributed by atoms with Crippen molar-refractivity contribution in [1.82, 2.24) is 4.98 Å². The van der Waals surface area contributed by atoms with Gasteiger partial charge in [-0.05, 0) is 29.8 Å². The Morgan fingerprint density at radius 3 is 2.53 bits per heavy atom. The van der Waals surface area contributed by atoms with Gasteiger partial charge in [-0.2, -0.15) is 0 Å². The molecule has 2 rings (SSSR count). The molecule has 0 atom stereocenters. The van der Waals surface area contributed by atoms with E-state index >= 15 is 0 Å². The van der Waals surface area contributed by atoms with Crippen LogP contribution in [0, 0.1) is 5.82 Å². The predicted molar refractivity (Wildman–Crippen MR) is 71.9 cm³/mol. The van der Waals surface area contributed by atoms with Crippen molar-refractivity contribution in [3.05, 3.63) is 64.5 Å². The number of pyridine rings is 1. The van der Waals surface area contributed by atoms with Gasteiger partial charge in [-0.3, -0.25) is 0 Å². The number of rotatable bonds is 3. The Morgan fingerprint density at radius 2 is 1.89 bits per heavy atom. The first-order valence-corrected chi connectivity index (χ1v) is 7.21. The van der Waals surface area contributed by atoms with E-state index in [1.54, 1.807) is 6.07 Å². The summed E-state index contributed by atoms with van der Waals surface area (Å²) in [4.78, 5) is 3.46. The molecule has 3 nitrogen and oxygen atoms in total. The number of hydrogen-bond acceptors (Lipinski definition) is 3. The Labute approximate surface area is 115 Å². The average molecular weight is 298 g/mol. The third-order valence-corrected chi connectivity index (χ3v) is 4.00. The molecule has 0 aliphatic rings. The van der Waals surface area contributed by atoms with Gasteiger partial charge < -0.3 is 0 Å². The molecule has 2 aromatic rings. The van der Waals surface area contributed by atoms with Crippen LogP contribution in [-0.4, -0.2) is 13.4 Å². The lowest BCUT2D eigenvalue weighted by Crippen LogP contribution is -1.99. The largest absolute Gasteiger partial charge is 0.244 e. The van der Waals surface area contributed by atoms with Gasteiger partial charge in [0.2, 0.25) is 9.84 Å². The van der Waals surface area contributed by atoms with Crippen LogP contribution in [-0.2, 0) is 9.84 Å². The molecule has 98 valence electrons. The Hall–Kier alpha value is -1.72. The zero-order valence-electron chi connectivity index (χ0n) is 9.62. The van der Waals surface area contributed by atoms with E-state index in [9.17, 15) is 12.8 Å². The Bertz CT molecular complexity index is 712. The highest BCUT2D eigenvalue weighted by Gasteiger charge is 2.14. The van der Waals surface area contributed by atoms with E-state index in [0.717, 1.165) is 11.5 Å². The zero-order valence-corrected chi connectivity index (χ0v) is 11.2. The summed E-state index contributed by atoms with van der Waals surface area (Å²) in [6, 6.07) is 8.37. The van der Waals surface area contributed by atoms with Gasteiger partial charge in [-0.15, -0.1) is 0 Å². The minimum Gasteiger partial charge on any atom is -0.244 e. The number of aromatic nitrogens is 1. The molecule has 6 heteroatoms. The highest BCUT2D eigenvalue weighted by molar-refractivity contribution is 7.94. The van der Waals surface area contributed by atoms with Crippen molar-refractivity contribution in [3.63, 3.8) is 0 Å². The molecule has 1 aromatic heterocycles. The van der Waals surface area contributed by atoms with Crippen LogP contribution in [0.25, 0.3) is 6.08 Å². The normalized spacial score (nSPS) is 11.9. The third-order valence-electron chi connectivity index (χ3n) is 2.33. The highest BCUT2D eigenvalue weighted by Crippen LogP contribution is 2.17. The van der Waals surface area contributed by atoms with Gasteiger partial charge in [-0.1, -0.05) is 29.8 Å². The topological polar surface area (TPSA) is 47.0 Å². The number of nitrogens with zero attached hydrogens (tertiary/aromatic N) is 1. The van der Waals surface area contributed by atoms with Crippen LogP contribution >= 0.6 is 11.6 Å². The van der Waals surface area contributed by atoms with Crippen molar-refractivity contribution < 1.29 is 12.8 Å². The summed E-state index contributed by atoms with van der Waals surface area (Å²) in [6.07, 6.45) is 2.76. The standard InChI is InChI=1S/C13H9ClFNO2S/c14-13-6-5-10(9-16-13)7-8-19(17,18)12-4-2-1-3-11(12)15/h1-9H/b8-7+. The van der Waals surface area contributed by atoms with Gasteiger partial charge in [0.15, 0.2) is 0 Å². The molecular weight excluding hydrogens is 289 g/mol. The second-order valence-electron chi connectivity index (χ2n) is 3.69. The van der Waals surface area contributed by atoms with Gasteiger partial charge in [0.25, 0.3) is 0 Å². The number of hydrogen-bond donors (Lipinski definition) is 0. The molecule has 0 N–H and O–H groups in total. The summed E-state index contributed by atoms with van der Waals surface area (Å²) < 4.78 is 37.3. The van der Waals surface area contributed by atoms with Crippen molar-refractivity contribution in [2.75, 3.05) is 0 Å². The maximum atomic E-state index is 13.4. The van der Waals surface area contributed by atoms with E-state index in [-0.39, 0.29) is 4.90 Å².